The van der Waals surface area contributed by atoms with E-state index in [9.17, 15) is 40.4 Å². The van der Waals surface area contributed by atoms with E-state index in [1.165, 1.54) is 22.3 Å². The third-order valence-electron chi connectivity index (χ3n) is 13.0. The summed E-state index contributed by atoms with van der Waals surface area (Å²) < 4.78 is 98.3. The van der Waals surface area contributed by atoms with Gasteiger partial charge in [-0.25, -0.2) is 22.8 Å². The molecule has 2 saturated carbocycles. The normalized spacial score (nSPS) is 24.9. The number of hydrogen-bond donors (Lipinski definition) is 3. The highest BCUT2D eigenvalue weighted by atomic mass is 32.2. The van der Waals surface area contributed by atoms with Crippen LogP contribution in [0.4, 0.5) is 23.2 Å². The van der Waals surface area contributed by atoms with Crippen LogP contribution in [0.2, 0.25) is 0 Å². The smallest absolute Gasteiger partial charge is 0.496 e. The Kier molecular flexibility index (Phi) is 12.8. The van der Waals surface area contributed by atoms with Crippen LogP contribution in [-0.2, 0) is 24.4 Å². The molecule has 20 heteroatoms. The number of aromatic nitrogens is 2. The predicted molar refractivity (Wildman–Crippen MR) is 239 cm³/mol. The summed E-state index contributed by atoms with van der Waals surface area (Å²) in [5.74, 6) is -3.93. The summed E-state index contributed by atoms with van der Waals surface area (Å²) in [4.78, 5) is 54.9. The van der Waals surface area contributed by atoms with Gasteiger partial charge in [0.25, 0.3) is 5.91 Å². The number of aryl methyl sites for hydroxylation is 1. The number of anilines is 1. The minimum absolute atomic E-state index is 0.0331. The number of amides is 3. The monoisotopic (exact) mass is 956 g/mol. The van der Waals surface area contributed by atoms with Gasteiger partial charge in [0.05, 0.1) is 29.6 Å². The molecule has 14 nitrogen and oxygen atoms in total. The number of ether oxygens (including phenoxy) is 3. The second-order valence-electron chi connectivity index (χ2n) is 18.1. The topological polar surface area (TPSA) is 178 Å². The molecule has 3 N–H and O–H groups in total. The quantitative estimate of drug-likeness (QED) is 0.0979. The second kappa shape index (κ2) is 18.0. The van der Waals surface area contributed by atoms with Gasteiger partial charge >= 0.3 is 6.36 Å². The number of rotatable bonds is 11. The zero-order valence-electron chi connectivity index (χ0n) is 37.1. The van der Waals surface area contributed by atoms with Gasteiger partial charge in [0.1, 0.15) is 45.9 Å². The Bertz CT molecular complexity index is 2690. The maximum absolute atomic E-state index is 15.0. The van der Waals surface area contributed by atoms with Crippen LogP contribution in [-0.4, -0.2) is 89.5 Å². The summed E-state index contributed by atoms with van der Waals surface area (Å²) in [7, 11) is -2.53. The van der Waals surface area contributed by atoms with Crippen molar-refractivity contribution in [2.75, 3.05) is 19.0 Å². The van der Waals surface area contributed by atoms with Crippen molar-refractivity contribution in [2.45, 2.75) is 126 Å². The van der Waals surface area contributed by atoms with Crippen molar-refractivity contribution in [3.8, 4) is 28.0 Å². The molecule has 2 aliphatic carbocycles. The van der Waals surface area contributed by atoms with E-state index in [1.54, 1.807) is 32.2 Å². The minimum atomic E-state index is -5.18. The van der Waals surface area contributed by atoms with Crippen LogP contribution in [0, 0.1) is 18.7 Å². The lowest BCUT2D eigenvalue weighted by Crippen LogP contribution is -2.58. The van der Waals surface area contributed by atoms with Gasteiger partial charge in [-0.1, -0.05) is 38.8 Å². The van der Waals surface area contributed by atoms with Gasteiger partial charge in [0.15, 0.2) is 11.6 Å². The van der Waals surface area contributed by atoms with Gasteiger partial charge in [-0.15, -0.1) is 24.5 Å². The Morgan fingerprint density at radius 1 is 1.05 bits per heavy atom. The van der Waals surface area contributed by atoms with E-state index in [4.69, 9.17) is 19.4 Å². The second-order valence-corrected chi connectivity index (χ2v) is 21.2. The van der Waals surface area contributed by atoms with Crippen LogP contribution in [0.5, 0.6) is 17.2 Å². The van der Waals surface area contributed by atoms with Crippen molar-refractivity contribution in [3.05, 3.63) is 71.0 Å². The molecule has 4 aliphatic rings. The number of pyridine rings is 1. The van der Waals surface area contributed by atoms with Crippen LogP contribution < -0.4 is 29.6 Å². The first-order valence-corrected chi connectivity index (χ1v) is 24.4. The summed E-state index contributed by atoms with van der Waals surface area (Å²) in [6, 6.07) is 5.77. The summed E-state index contributed by atoms with van der Waals surface area (Å²) in [5, 5.41) is 9.09. The molecule has 4 aromatic rings. The molecule has 0 bridgehead atoms. The van der Waals surface area contributed by atoms with Gasteiger partial charge in [-0.2, -0.15) is 0 Å². The number of carbonyl (C=O) groups is 3. The number of alkyl halides is 3. The molecule has 0 radical (unpaired) electrons. The number of methoxy groups -OCH3 is 1. The van der Waals surface area contributed by atoms with Crippen molar-refractivity contribution in [1.29, 1.82) is 0 Å². The van der Waals surface area contributed by atoms with E-state index < -0.39 is 80.1 Å². The van der Waals surface area contributed by atoms with Crippen molar-refractivity contribution < 1.29 is 54.6 Å². The third kappa shape index (κ3) is 9.66. The van der Waals surface area contributed by atoms with Crippen LogP contribution in [0.25, 0.3) is 21.6 Å². The molecular formula is C46H52F4N6O8S2. The maximum atomic E-state index is 15.0. The number of nitrogens with one attached hydrogen (secondary N) is 3. The molecule has 3 fully saturated rings. The Labute approximate surface area is 383 Å². The molecule has 2 aromatic heterocycles. The molecule has 0 spiro atoms. The Morgan fingerprint density at radius 3 is 2.52 bits per heavy atom. The average molecular weight is 957 g/mol. The largest absolute Gasteiger partial charge is 0.573 e. The van der Waals surface area contributed by atoms with Crippen LogP contribution >= 0.6 is 11.3 Å². The van der Waals surface area contributed by atoms with E-state index in [1.807, 2.05) is 38.3 Å². The number of halogens is 4. The minimum Gasteiger partial charge on any atom is -0.496 e. The van der Waals surface area contributed by atoms with Crippen LogP contribution in [0.1, 0.15) is 95.7 Å². The fourth-order valence-electron chi connectivity index (χ4n) is 8.60. The lowest BCUT2D eigenvalue weighted by atomic mass is 10.0. The SMILES string of the molecule is COc1ccc2c(O[C@@H]3C[C@H]4C(=O)N[C@]5(C(=O)NS(=O)(=O)C6(C)CC6)CC5/C=C\CCCCC[C@H](Nc5ccc(F)c(OC(F)(F)F)c5)C(=O)N4C3)cc(-c3nc(C(C)C)cs3)nc2c1C. The summed E-state index contributed by atoms with van der Waals surface area (Å²) in [6.07, 6.45) is 1.08. The standard InChI is InChI=1S/C46H52F4N6O8S2/c1-25(2)34-24-65-41(53-34)33-21-37(30-14-16-36(62-5)26(3)39(30)52-33)63-29-20-35-40(57)54-45(43(59)55-66(60,61)44(4)17-18-44)22-27(45)11-9-7-6-8-10-12-32(42(58)56(35)23-29)51-28-13-15-31(47)38(19-28)64-46(48,49)50/h9,11,13-16,19,21,24-25,27,29,32,35,51H,6-8,10,12,17-18,20,22-23H2,1-5H3,(H,54,57)(H,55,59)/b11-9-/t27?,29-,32+,35+,45-/m1/s1. The Morgan fingerprint density at radius 2 is 1.82 bits per heavy atom. The average Bonchev–Trinajstić information content (AvgIpc) is 4.03. The highest BCUT2D eigenvalue weighted by molar-refractivity contribution is 7.91. The molecule has 354 valence electrons. The van der Waals surface area contributed by atoms with Gasteiger partial charge in [0.2, 0.25) is 21.8 Å². The van der Waals surface area contributed by atoms with E-state index >= 15 is 0 Å². The van der Waals surface area contributed by atoms with Gasteiger partial charge in [-0.3, -0.25) is 19.1 Å². The number of fused-ring (bicyclic) bond motifs is 3. The molecule has 4 heterocycles. The molecule has 3 amide bonds. The number of nitrogens with zero attached hydrogens (tertiary/aromatic N) is 3. The van der Waals surface area contributed by atoms with Crippen LogP contribution in [0.15, 0.2) is 53.9 Å². The van der Waals surface area contributed by atoms with Crippen molar-refractivity contribution in [3.63, 3.8) is 0 Å². The fourth-order valence-corrected chi connectivity index (χ4v) is 10.9. The molecular weight excluding hydrogens is 905 g/mol. The van der Waals surface area contributed by atoms with E-state index in [2.05, 4.69) is 20.1 Å². The lowest BCUT2D eigenvalue weighted by molar-refractivity contribution is -0.275. The van der Waals surface area contributed by atoms with Crippen molar-refractivity contribution >= 4 is 55.7 Å². The molecule has 8 rings (SSSR count). The van der Waals surface area contributed by atoms with E-state index in [0.29, 0.717) is 71.6 Å². The van der Waals surface area contributed by atoms with Gasteiger partial charge in [-0.05, 0) is 82.6 Å². The molecule has 1 unspecified atom stereocenters. The number of sulfonamides is 1. The first-order chi connectivity index (χ1) is 31.2. The lowest BCUT2D eigenvalue weighted by Gasteiger charge is -2.30. The molecule has 1 saturated heterocycles. The van der Waals surface area contributed by atoms with Gasteiger partial charge < -0.3 is 29.7 Å². The van der Waals surface area contributed by atoms with Crippen LogP contribution in [0.3, 0.4) is 0 Å². The first kappa shape index (κ1) is 47.0. The molecule has 2 aromatic carbocycles. The summed E-state index contributed by atoms with van der Waals surface area (Å²) >= 11 is 1.43. The molecule has 2 aliphatic heterocycles. The number of allylic oxidation sites excluding steroid dienone is 1. The zero-order chi connectivity index (χ0) is 47.3. The Balaban J connectivity index is 1.16. The highest BCUT2D eigenvalue weighted by Gasteiger charge is 2.63. The third-order valence-corrected chi connectivity index (χ3v) is 16.0. The molecule has 5 atom stereocenters. The van der Waals surface area contributed by atoms with Crippen molar-refractivity contribution in [1.82, 2.24) is 24.9 Å². The van der Waals surface area contributed by atoms with Crippen molar-refractivity contribution in [2.24, 2.45) is 5.92 Å². The zero-order valence-corrected chi connectivity index (χ0v) is 38.7. The predicted octanol–water partition coefficient (Wildman–Crippen LogP) is 8.06. The molecule has 66 heavy (non-hydrogen) atoms. The van der Waals surface area contributed by atoms with E-state index in [-0.39, 0.29) is 37.4 Å². The van der Waals surface area contributed by atoms with E-state index in [0.717, 1.165) is 23.4 Å². The maximum Gasteiger partial charge on any atom is 0.573 e. The summed E-state index contributed by atoms with van der Waals surface area (Å²) in [6.45, 7) is 7.35. The number of thiazole rings is 1. The summed E-state index contributed by atoms with van der Waals surface area (Å²) in [5.41, 5.74) is 1.07. The number of carbonyl (C=O) groups excluding carboxylic acids is 3. The van der Waals surface area contributed by atoms with Gasteiger partial charge in [0, 0.05) is 46.5 Å². The fraction of sp³-hybridized carbons (Fsp3) is 0.500. The highest BCUT2D eigenvalue weighted by Crippen LogP contribution is 2.48. The first-order valence-electron chi connectivity index (χ1n) is 22.0. The number of hydrogen-bond acceptors (Lipinski definition) is 12. The Hall–Kier alpha value is -5.50. The number of benzene rings is 2.